The van der Waals surface area contributed by atoms with E-state index in [1.54, 1.807) is 12.3 Å². The summed E-state index contributed by atoms with van der Waals surface area (Å²) >= 11 is 2.46. The highest BCUT2D eigenvalue weighted by Gasteiger charge is 2.32. The van der Waals surface area contributed by atoms with Crippen LogP contribution in [0.25, 0.3) is 10.6 Å². The van der Waals surface area contributed by atoms with Crippen LogP contribution in [0.3, 0.4) is 0 Å². The zero-order valence-corrected chi connectivity index (χ0v) is 19.4. The van der Waals surface area contributed by atoms with E-state index >= 15 is 0 Å². The Bertz CT molecular complexity index is 1260. The second kappa shape index (κ2) is 8.52. The van der Waals surface area contributed by atoms with E-state index < -0.39 is 21.7 Å². The van der Waals surface area contributed by atoms with E-state index in [2.05, 4.69) is 10.3 Å². The van der Waals surface area contributed by atoms with Crippen LogP contribution in [-0.2, 0) is 26.7 Å². The number of benzene rings is 1. The summed E-state index contributed by atoms with van der Waals surface area (Å²) in [4.78, 5) is 30.4. The average molecular weight is 477 g/mol. The summed E-state index contributed by atoms with van der Waals surface area (Å²) in [5, 5.41) is 5.43. The summed E-state index contributed by atoms with van der Waals surface area (Å²) in [6, 6.07) is 7.85. The highest BCUT2D eigenvalue weighted by Crippen LogP contribution is 2.38. The van der Waals surface area contributed by atoms with Crippen molar-refractivity contribution in [2.45, 2.75) is 26.0 Å². The fraction of sp³-hybridized carbons (Fsp3) is 0.286. The Labute approximate surface area is 188 Å². The number of nitrogens with zero attached hydrogens (tertiary/aromatic N) is 1. The first-order valence-electron chi connectivity index (χ1n) is 9.63. The van der Waals surface area contributed by atoms with Gasteiger partial charge in [-0.3, -0.25) is 4.79 Å². The van der Waals surface area contributed by atoms with Gasteiger partial charge in [0.25, 0.3) is 5.91 Å². The third-order valence-electron chi connectivity index (χ3n) is 4.85. The maximum absolute atomic E-state index is 12.9. The number of esters is 1. The van der Waals surface area contributed by atoms with E-state index in [1.807, 2.05) is 31.2 Å². The minimum Gasteiger partial charge on any atom is -0.462 e. The molecule has 1 aliphatic heterocycles. The summed E-state index contributed by atoms with van der Waals surface area (Å²) in [5.41, 5.74) is 3.17. The Kier molecular flexibility index (Phi) is 5.96. The molecule has 4 rings (SSSR count). The summed E-state index contributed by atoms with van der Waals surface area (Å²) in [7, 11) is -3.21. The summed E-state index contributed by atoms with van der Waals surface area (Å²) in [6.45, 7) is 3.87. The van der Waals surface area contributed by atoms with Crippen LogP contribution in [0.2, 0.25) is 0 Å². The molecule has 31 heavy (non-hydrogen) atoms. The minimum absolute atomic E-state index is 0.0253. The van der Waals surface area contributed by atoms with Gasteiger partial charge in [0.15, 0.2) is 9.84 Å². The van der Waals surface area contributed by atoms with Gasteiger partial charge >= 0.3 is 5.97 Å². The molecule has 0 radical (unpaired) electrons. The molecule has 162 valence electrons. The number of rotatable bonds is 5. The van der Waals surface area contributed by atoms with Crippen molar-refractivity contribution in [2.75, 3.05) is 17.7 Å². The molecule has 0 saturated carbocycles. The Morgan fingerprint density at radius 2 is 1.97 bits per heavy atom. The zero-order valence-electron chi connectivity index (χ0n) is 16.9. The van der Waals surface area contributed by atoms with Crippen molar-refractivity contribution in [1.29, 1.82) is 0 Å². The number of thiazole rings is 1. The predicted molar refractivity (Wildman–Crippen MR) is 122 cm³/mol. The number of hydrogen-bond donors (Lipinski definition) is 1. The molecule has 1 N–H and O–H groups in total. The molecule has 3 heterocycles. The lowest BCUT2D eigenvalue weighted by molar-refractivity contribution is 0.0527. The van der Waals surface area contributed by atoms with E-state index in [0.717, 1.165) is 22.5 Å². The fourth-order valence-corrected chi connectivity index (χ4v) is 7.14. The van der Waals surface area contributed by atoms with Crippen LogP contribution in [0.15, 0.2) is 29.6 Å². The molecule has 0 unspecified atom stereocenters. The maximum atomic E-state index is 12.9. The average Bonchev–Trinajstić information content (AvgIpc) is 3.32. The largest absolute Gasteiger partial charge is 0.462 e. The van der Waals surface area contributed by atoms with Crippen molar-refractivity contribution in [3.63, 3.8) is 0 Å². The molecule has 1 aromatic carbocycles. The van der Waals surface area contributed by atoms with Gasteiger partial charge in [0, 0.05) is 15.8 Å². The first-order chi connectivity index (χ1) is 14.8. The van der Waals surface area contributed by atoms with Crippen molar-refractivity contribution in [1.82, 2.24) is 4.98 Å². The van der Waals surface area contributed by atoms with Crippen molar-refractivity contribution < 1.29 is 22.7 Å². The number of thiophene rings is 1. The van der Waals surface area contributed by atoms with Crippen LogP contribution in [0, 0.1) is 6.92 Å². The van der Waals surface area contributed by atoms with Gasteiger partial charge in [-0.2, -0.15) is 0 Å². The monoisotopic (exact) mass is 476 g/mol. The Balaban J connectivity index is 1.63. The number of carbonyl (C=O) groups is 2. The van der Waals surface area contributed by atoms with Crippen LogP contribution in [0.1, 0.15) is 43.8 Å². The van der Waals surface area contributed by atoms with Crippen molar-refractivity contribution in [3.8, 4) is 10.6 Å². The first-order valence-corrected chi connectivity index (χ1v) is 13.1. The smallest absolute Gasteiger partial charge is 0.341 e. The van der Waals surface area contributed by atoms with Gasteiger partial charge in [-0.1, -0.05) is 29.8 Å². The Morgan fingerprint density at radius 3 is 2.68 bits per heavy atom. The summed E-state index contributed by atoms with van der Waals surface area (Å²) < 4.78 is 29.2. The number of hydrogen-bond acceptors (Lipinski definition) is 8. The third-order valence-corrected chi connectivity index (χ3v) is 8.62. The molecule has 0 saturated heterocycles. The molecule has 2 aromatic heterocycles. The molecule has 0 spiro atoms. The Hall–Kier alpha value is -2.56. The van der Waals surface area contributed by atoms with Crippen molar-refractivity contribution in [2.24, 2.45) is 0 Å². The SMILES string of the molecule is CCOC(=O)c1c(NC(=O)c2csc(-c3ccc(C)cc3)n2)sc2c1CCS(=O)(=O)C2. The summed E-state index contributed by atoms with van der Waals surface area (Å²) in [5.74, 6) is -1.18. The number of aryl methyl sites for hydroxylation is 1. The van der Waals surface area contributed by atoms with E-state index in [1.165, 1.54) is 11.3 Å². The number of nitrogens with one attached hydrogen (secondary N) is 1. The van der Waals surface area contributed by atoms with E-state index in [4.69, 9.17) is 4.74 Å². The van der Waals surface area contributed by atoms with Crippen LogP contribution in [-0.4, -0.2) is 37.6 Å². The second-order valence-electron chi connectivity index (χ2n) is 7.13. The molecule has 0 atom stereocenters. The van der Waals surface area contributed by atoms with Crippen LogP contribution in [0.4, 0.5) is 5.00 Å². The van der Waals surface area contributed by atoms with E-state index in [-0.39, 0.29) is 35.8 Å². The van der Waals surface area contributed by atoms with Gasteiger partial charge in [0.1, 0.15) is 15.7 Å². The minimum atomic E-state index is -3.21. The zero-order chi connectivity index (χ0) is 22.2. The number of amides is 1. The lowest BCUT2D eigenvalue weighted by Crippen LogP contribution is -2.20. The van der Waals surface area contributed by atoms with Gasteiger partial charge < -0.3 is 10.1 Å². The van der Waals surface area contributed by atoms with Crippen LogP contribution in [0.5, 0.6) is 0 Å². The van der Waals surface area contributed by atoms with Gasteiger partial charge in [-0.25, -0.2) is 18.2 Å². The van der Waals surface area contributed by atoms with Crippen LogP contribution < -0.4 is 5.32 Å². The second-order valence-corrected chi connectivity index (χ2v) is 11.3. The Morgan fingerprint density at radius 1 is 1.23 bits per heavy atom. The lowest BCUT2D eigenvalue weighted by Gasteiger charge is -2.13. The predicted octanol–water partition coefficient (Wildman–Crippen LogP) is 4.08. The molecule has 7 nitrogen and oxygen atoms in total. The van der Waals surface area contributed by atoms with Gasteiger partial charge in [-0.15, -0.1) is 22.7 Å². The standard InChI is InChI=1S/C21H20N2O5S3/c1-3-28-21(25)17-14-8-9-31(26,27)11-16(14)30-20(17)23-18(24)15-10-29-19(22-15)13-6-4-12(2)5-7-13/h4-7,10H,3,8-9,11H2,1-2H3,(H,23,24). The number of fused-ring (bicyclic) bond motifs is 1. The molecular formula is C21H20N2O5S3. The lowest BCUT2D eigenvalue weighted by atomic mass is 10.1. The van der Waals surface area contributed by atoms with Crippen LogP contribution >= 0.6 is 22.7 Å². The van der Waals surface area contributed by atoms with Gasteiger partial charge in [0.05, 0.1) is 23.7 Å². The number of carbonyl (C=O) groups excluding carboxylic acids is 2. The molecule has 0 fully saturated rings. The molecule has 0 aliphatic carbocycles. The highest BCUT2D eigenvalue weighted by atomic mass is 32.2. The quantitative estimate of drug-likeness (QED) is 0.557. The number of anilines is 1. The molecule has 3 aromatic rings. The molecule has 1 aliphatic rings. The molecule has 10 heteroatoms. The number of aromatic nitrogens is 1. The normalized spacial score (nSPS) is 14.6. The first kappa shape index (κ1) is 21.7. The number of ether oxygens (including phenoxy) is 1. The fourth-order valence-electron chi connectivity index (χ4n) is 3.30. The molecular weight excluding hydrogens is 456 g/mol. The topological polar surface area (TPSA) is 102 Å². The summed E-state index contributed by atoms with van der Waals surface area (Å²) in [6.07, 6.45) is 0.229. The third kappa shape index (κ3) is 4.56. The van der Waals surface area contributed by atoms with E-state index in [0.29, 0.717) is 20.4 Å². The van der Waals surface area contributed by atoms with E-state index in [9.17, 15) is 18.0 Å². The van der Waals surface area contributed by atoms with Gasteiger partial charge in [0.2, 0.25) is 0 Å². The van der Waals surface area contributed by atoms with Crippen molar-refractivity contribution >= 4 is 49.4 Å². The molecule has 1 amide bonds. The molecule has 0 bridgehead atoms. The van der Waals surface area contributed by atoms with Crippen molar-refractivity contribution in [3.05, 3.63) is 56.9 Å². The highest BCUT2D eigenvalue weighted by molar-refractivity contribution is 7.90. The van der Waals surface area contributed by atoms with Gasteiger partial charge in [-0.05, 0) is 25.8 Å². The number of sulfone groups is 1. The maximum Gasteiger partial charge on any atom is 0.341 e.